The molecule has 0 unspecified atom stereocenters. The van der Waals surface area contributed by atoms with Gasteiger partial charge in [-0.3, -0.25) is 9.59 Å². The molecule has 0 spiro atoms. The molecule has 4 aromatic rings. The number of pyridine rings is 1. The van der Waals surface area contributed by atoms with E-state index in [-0.39, 0.29) is 17.1 Å². The average molecular weight is 522 g/mol. The monoisotopic (exact) mass is 522 g/mol. The Hall–Kier alpha value is -4.16. The SMILES string of the molecule is CCCCCn1ccc2cc(-c3nccc(C(F)F)n3)ccc2c1=O.Nc1cn[nH]c(=O)c1C(F)(F)F. The number of rotatable bonds is 6. The van der Waals surface area contributed by atoms with Gasteiger partial charge in [-0.15, -0.1) is 0 Å². The van der Waals surface area contributed by atoms with Crippen LogP contribution in [0, 0.1) is 0 Å². The second-order valence-corrected chi connectivity index (χ2v) is 7.96. The Morgan fingerprint density at radius 3 is 2.49 bits per heavy atom. The number of hydrogen-bond donors (Lipinski definition) is 2. The zero-order valence-corrected chi connectivity index (χ0v) is 19.6. The fourth-order valence-electron chi connectivity index (χ4n) is 3.47. The quantitative estimate of drug-likeness (QED) is 0.273. The van der Waals surface area contributed by atoms with Crippen LogP contribution in [0.5, 0.6) is 0 Å². The molecule has 8 nitrogen and oxygen atoms in total. The number of anilines is 1. The smallest absolute Gasteiger partial charge is 0.397 e. The van der Waals surface area contributed by atoms with Crippen LogP contribution in [0.3, 0.4) is 0 Å². The number of nitrogen functional groups attached to an aromatic ring is 1. The first kappa shape index (κ1) is 27.4. The van der Waals surface area contributed by atoms with Crippen LogP contribution >= 0.6 is 0 Å². The number of aryl methyl sites for hydroxylation is 1. The number of unbranched alkanes of at least 4 members (excludes halogenated alkanes) is 2. The molecule has 0 saturated heterocycles. The molecule has 3 aromatic heterocycles. The lowest BCUT2D eigenvalue weighted by molar-refractivity contribution is -0.138. The van der Waals surface area contributed by atoms with Crippen LogP contribution in [0.15, 0.2) is 58.5 Å². The number of hydrogen-bond acceptors (Lipinski definition) is 6. The molecule has 37 heavy (non-hydrogen) atoms. The number of halogens is 5. The van der Waals surface area contributed by atoms with Gasteiger partial charge in [-0.1, -0.05) is 25.8 Å². The molecule has 3 N–H and O–H groups in total. The van der Waals surface area contributed by atoms with Crippen LogP contribution in [0.4, 0.5) is 27.6 Å². The molecular formula is C24H23F5N6O2. The van der Waals surface area contributed by atoms with E-state index in [9.17, 15) is 31.5 Å². The van der Waals surface area contributed by atoms with Gasteiger partial charge < -0.3 is 10.3 Å². The van der Waals surface area contributed by atoms with Crippen molar-refractivity contribution in [3.05, 3.63) is 80.9 Å². The molecule has 1 aromatic carbocycles. The number of fused-ring (bicyclic) bond motifs is 1. The minimum absolute atomic E-state index is 0.0394. The maximum atomic E-state index is 12.8. The number of nitrogens with one attached hydrogen (secondary N) is 1. The fraction of sp³-hybridized carbons (Fsp3) is 0.292. The molecule has 0 bridgehead atoms. The molecule has 0 aliphatic rings. The van der Waals surface area contributed by atoms with Crippen LogP contribution < -0.4 is 16.9 Å². The van der Waals surface area contributed by atoms with E-state index in [2.05, 4.69) is 22.0 Å². The van der Waals surface area contributed by atoms with Gasteiger partial charge >= 0.3 is 6.18 Å². The van der Waals surface area contributed by atoms with Crippen molar-refractivity contribution >= 4 is 16.5 Å². The van der Waals surface area contributed by atoms with Gasteiger partial charge in [0.1, 0.15) is 11.3 Å². The van der Waals surface area contributed by atoms with E-state index < -0.39 is 29.4 Å². The second kappa shape index (κ2) is 11.7. The zero-order valence-electron chi connectivity index (χ0n) is 19.6. The van der Waals surface area contributed by atoms with E-state index in [4.69, 9.17) is 5.73 Å². The summed E-state index contributed by atoms with van der Waals surface area (Å²) in [5.74, 6) is 0.229. The van der Waals surface area contributed by atoms with Crippen LogP contribution in [-0.4, -0.2) is 24.7 Å². The van der Waals surface area contributed by atoms with E-state index in [1.165, 1.54) is 12.3 Å². The van der Waals surface area contributed by atoms with Crippen molar-refractivity contribution in [1.29, 1.82) is 0 Å². The molecular weight excluding hydrogens is 499 g/mol. The largest absolute Gasteiger partial charge is 0.423 e. The lowest BCUT2D eigenvalue weighted by Gasteiger charge is -2.08. The summed E-state index contributed by atoms with van der Waals surface area (Å²) in [5, 5.41) is 6.09. The molecule has 3 heterocycles. The number of benzene rings is 1. The minimum Gasteiger partial charge on any atom is -0.397 e. The van der Waals surface area contributed by atoms with Crippen LogP contribution in [0.1, 0.15) is 43.9 Å². The van der Waals surface area contributed by atoms with Gasteiger partial charge in [0.05, 0.1) is 11.9 Å². The number of nitrogens with two attached hydrogens (primary N) is 1. The van der Waals surface area contributed by atoms with Gasteiger partial charge in [-0.05, 0) is 36.1 Å². The molecule has 0 aliphatic carbocycles. The normalized spacial score (nSPS) is 11.4. The summed E-state index contributed by atoms with van der Waals surface area (Å²) in [5.41, 5.74) is 1.76. The summed E-state index contributed by atoms with van der Waals surface area (Å²) in [6.45, 7) is 2.82. The van der Waals surface area contributed by atoms with Crippen LogP contribution in [-0.2, 0) is 12.7 Å². The Kier molecular flexibility index (Phi) is 8.69. The summed E-state index contributed by atoms with van der Waals surface area (Å²) in [7, 11) is 0. The molecule has 4 rings (SSSR count). The molecule has 13 heteroatoms. The van der Waals surface area contributed by atoms with Crippen LogP contribution in [0.25, 0.3) is 22.2 Å². The molecule has 0 radical (unpaired) electrons. The standard InChI is InChI=1S/C19H19F2N3O.C5H4F3N3O/c1-2-3-4-10-24-11-8-13-12-14(5-6-15(13)19(24)25)18-22-9-7-16(23-18)17(20)21;6-5(7,8)3-2(9)1-10-11-4(3)12/h5-9,11-12,17H,2-4,10H2,1H3;1H,(H3,9,11,12). The first-order chi connectivity index (χ1) is 17.5. The Morgan fingerprint density at radius 1 is 1.11 bits per heavy atom. The van der Waals surface area contributed by atoms with Gasteiger partial charge in [0, 0.05) is 29.9 Å². The van der Waals surface area contributed by atoms with E-state index in [0.717, 1.165) is 30.8 Å². The number of aromatic nitrogens is 5. The van der Waals surface area contributed by atoms with Crippen molar-refractivity contribution in [3.63, 3.8) is 0 Å². The molecule has 0 saturated carbocycles. The van der Waals surface area contributed by atoms with Crippen molar-refractivity contribution in [2.45, 2.75) is 45.3 Å². The summed E-state index contributed by atoms with van der Waals surface area (Å²) < 4.78 is 63.3. The molecule has 0 fully saturated rings. The third kappa shape index (κ3) is 6.74. The maximum absolute atomic E-state index is 12.8. The third-order valence-electron chi connectivity index (χ3n) is 5.31. The van der Waals surface area contributed by atoms with Crippen molar-refractivity contribution in [3.8, 4) is 11.4 Å². The van der Waals surface area contributed by atoms with E-state index in [1.807, 2.05) is 6.07 Å². The molecule has 0 aliphatic heterocycles. The van der Waals surface area contributed by atoms with Gasteiger partial charge in [0.2, 0.25) is 0 Å². The number of aromatic amines is 1. The average Bonchev–Trinajstić information content (AvgIpc) is 2.85. The highest BCUT2D eigenvalue weighted by Crippen LogP contribution is 2.29. The highest BCUT2D eigenvalue weighted by molar-refractivity contribution is 5.85. The highest BCUT2D eigenvalue weighted by Gasteiger charge is 2.36. The first-order valence-electron chi connectivity index (χ1n) is 11.2. The van der Waals surface area contributed by atoms with Crippen molar-refractivity contribution in [2.24, 2.45) is 0 Å². The first-order valence-corrected chi connectivity index (χ1v) is 11.2. The fourth-order valence-corrected chi connectivity index (χ4v) is 3.47. The predicted molar refractivity (Wildman–Crippen MR) is 128 cm³/mol. The van der Waals surface area contributed by atoms with Gasteiger partial charge in [-0.25, -0.2) is 23.8 Å². The zero-order chi connectivity index (χ0) is 27.2. The summed E-state index contributed by atoms with van der Waals surface area (Å²) in [4.78, 5) is 31.1. The maximum Gasteiger partial charge on any atom is 0.423 e. The van der Waals surface area contributed by atoms with Crippen LogP contribution in [0.2, 0.25) is 0 Å². The summed E-state index contributed by atoms with van der Waals surface area (Å²) in [6.07, 6.45) is -0.387. The minimum atomic E-state index is -4.74. The second-order valence-electron chi connectivity index (χ2n) is 7.96. The van der Waals surface area contributed by atoms with Gasteiger partial charge in [-0.2, -0.15) is 18.3 Å². The number of H-pyrrole nitrogens is 1. The molecule has 0 atom stereocenters. The Balaban J connectivity index is 0.000000266. The van der Waals surface area contributed by atoms with Gasteiger partial charge in [0.15, 0.2) is 5.82 Å². The summed E-state index contributed by atoms with van der Waals surface area (Å²) in [6, 6.07) is 8.23. The topological polar surface area (TPSA) is 120 Å². The van der Waals surface area contributed by atoms with Crippen molar-refractivity contribution < 1.29 is 22.0 Å². The molecule has 0 amide bonds. The third-order valence-corrected chi connectivity index (χ3v) is 5.31. The number of alkyl halides is 5. The Morgan fingerprint density at radius 2 is 1.86 bits per heavy atom. The summed E-state index contributed by atoms with van der Waals surface area (Å²) >= 11 is 0. The lowest BCUT2D eigenvalue weighted by atomic mass is 10.1. The number of nitrogens with zero attached hydrogens (tertiary/aromatic N) is 4. The Labute approximate surface area is 207 Å². The molecule has 196 valence electrons. The van der Waals surface area contributed by atoms with E-state index in [1.54, 1.807) is 34.1 Å². The van der Waals surface area contributed by atoms with Crippen molar-refractivity contribution in [1.82, 2.24) is 24.7 Å². The van der Waals surface area contributed by atoms with E-state index >= 15 is 0 Å². The van der Waals surface area contributed by atoms with Gasteiger partial charge in [0.25, 0.3) is 17.5 Å². The lowest BCUT2D eigenvalue weighted by Crippen LogP contribution is -2.24. The van der Waals surface area contributed by atoms with E-state index in [0.29, 0.717) is 17.5 Å². The highest BCUT2D eigenvalue weighted by atomic mass is 19.4. The van der Waals surface area contributed by atoms with Crippen molar-refractivity contribution in [2.75, 3.05) is 5.73 Å². The predicted octanol–water partition coefficient (Wildman–Crippen LogP) is 4.96. The Bertz CT molecular complexity index is 1480.